The Balaban J connectivity index is 1.42. The van der Waals surface area contributed by atoms with Crippen molar-refractivity contribution in [1.29, 1.82) is 0 Å². The predicted molar refractivity (Wildman–Crippen MR) is 130 cm³/mol. The maximum absolute atomic E-state index is 12.9. The Kier molecular flexibility index (Phi) is 6.24. The lowest BCUT2D eigenvalue weighted by Gasteiger charge is -2.34. The number of nitrogens with one attached hydrogen (secondary N) is 1. The fourth-order valence-corrected chi connectivity index (χ4v) is 3.62. The topological polar surface area (TPSA) is 102 Å². The molecule has 0 aliphatic carbocycles. The molecular weight excluding hydrogens is 418 g/mol. The summed E-state index contributed by atoms with van der Waals surface area (Å²) in [5, 5.41) is 7.38. The minimum absolute atomic E-state index is 0.0200. The van der Waals surface area contributed by atoms with Crippen molar-refractivity contribution in [2.24, 2.45) is 0 Å². The molecule has 9 nitrogen and oxygen atoms in total. The highest BCUT2D eigenvalue weighted by molar-refractivity contribution is 5.97. The van der Waals surface area contributed by atoms with Crippen molar-refractivity contribution >= 4 is 29.2 Å². The highest BCUT2D eigenvalue weighted by atomic mass is 16.5. The summed E-state index contributed by atoms with van der Waals surface area (Å²) in [6, 6.07) is 15.0. The van der Waals surface area contributed by atoms with Crippen LogP contribution in [-0.4, -0.2) is 64.4 Å². The van der Waals surface area contributed by atoms with Crippen molar-refractivity contribution in [3.05, 3.63) is 54.1 Å². The molecule has 4 rings (SSSR count). The van der Waals surface area contributed by atoms with E-state index in [0.717, 1.165) is 36.5 Å². The number of carbonyl (C=O) groups excluding carboxylic acids is 1. The van der Waals surface area contributed by atoms with Gasteiger partial charge in [-0.3, -0.25) is 4.79 Å². The Morgan fingerprint density at radius 2 is 1.64 bits per heavy atom. The molecule has 1 fully saturated rings. The number of nitrogen functional groups attached to an aromatic ring is 1. The van der Waals surface area contributed by atoms with Gasteiger partial charge in [-0.25, -0.2) is 0 Å². The van der Waals surface area contributed by atoms with Gasteiger partial charge in [-0.1, -0.05) is 0 Å². The Morgan fingerprint density at radius 3 is 2.24 bits per heavy atom. The quantitative estimate of drug-likeness (QED) is 0.612. The van der Waals surface area contributed by atoms with Crippen LogP contribution in [0.5, 0.6) is 5.75 Å². The molecule has 1 aromatic heterocycles. The van der Waals surface area contributed by atoms with E-state index < -0.39 is 0 Å². The number of rotatable bonds is 5. The van der Waals surface area contributed by atoms with E-state index in [1.54, 1.807) is 24.3 Å². The van der Waals surface area contributed by atoms with E-state index in [1.807, 2.05) is 32.9 Å². The van der Waals surface area contributed by atoms with Gasteiger partial charge in [0, 0.05) is 43.1 Å². The van der Waals surface area contributed by atoms with Gasteiger partial charge >= 0.3 is 0 Å². The van der Waals surface area contributed by atoms with Gasteiger partial charge in [0.15, 0.2) is 0 Å². The molecule has 174 valence electrons. The van der Waals surface area contributed by atoms with Crippen LogP contribution < -0.4 is 20.7 Å². The first-order valence-corrected chi connectivity index (χ1v) is 11.0. The molecule has 0 saturated carbocycles. The molecule has 0 amide bonds. The first-order chi connectivity index (χ1) is 15.7. The van der Waals surface area contributed by atoms with Gasteiger partial charge in [-0.2, -0.15) is 9.67 Å². The molecule has 2 heterocycles. The fourth-order valence-electron chi connectivity index (χ4n) is 3.62. The zero-order chi connectivity index (χ0) is 23.6. The lowest BCUT2D eigenvalue weighted by atomic mass is 10.1. The summed E-state index contributed by atoms with van der Waals surface area (Å²) >= 11 is 0. The highest BCUT2D eigenvalue weighted by Gasteiger charge is 2.18. The molecule has 1 aliphatic heterocycles. The zero-order valence-corrected chi connectivity index (χ0v) is 19.6. The summed E-state index contributed by atoms with van der Waals surface area (Å²) in [6.07, 6.45) is 0. The lowest BCUT2D eigenvalue weighted by molar-refractivity contribution is 0.0948. The van der Waals surface area contributed by atoms with Crippen molar-refractivity contribution in [3.63, 3.8) is 0 Å². The van der Waals surface area contributed by atoms with Crippen molar-refractivity contribution < 1.29 is 9.53 Å². The second-order valence-electron chi connectivity index (χ2n) is 9.21. The number of nitrogens with two attached hydrogens (primary N) is 1. The Labute approximate surface area is 194 Å². The average molecular weight is 450 g/mol. The summed E-state index contributed by atoms with van der Waals surface area (Å²) in [5.74, 6) is 0.612. The van der Waals surface area contributed by atoms with Crippen molar-refractivity contribution in [3.8, 4) is 5.75 Å². The summed E-state index contributed by atoms with van der Waals surface area (Å²) in [7, 11) is 2.14. The van der Waals surface area contributed by atoms with E-state index in [1.165, 1.54) is 5.69 Å². The number of piperazine rings is 1. The van der Waals surface area contributed by atoms with E-state index in [2.05, 4.69) is 44.4 Å². The van der Waals surface area contributed by atoms with Gasteiger partial charge in [-0.15, -0.1) is 5.10 Å². The minimum Gasteiger partial charge on any atom is -0.488 e. The van der Waals surface area contributed by atoms with Crippen LogP contribution in [0.1, 0.15) is 31.1 Å². The van der Waals surface area contributed by atoms with Crippen LogP contribution in [0.25, 0.3) is 0 Å². The summed E-state index contributed by atoms with van der Waals surface area (Å²) in [4.78, 5) is 21.8. The van der Waals surface area contributed by atoms with E-state index in [0.29, 0.717) is 11.3 Å². The highest BCUT2D eigenvalue weighted by Crippen LogP contribution is 2.22. The zero-order valence-electron chi connectivity index (χ0n) is 19.6. The summed E-state index contributed by atoms with van der Waals surface area (Å²) in [5.41, 5.74) is 8.10. The molecule has 0 bridgehead atoms. The number of hydrogen-bond donors (Lipinski definition) is 2. The van der Waals surface area contributed by atoms with Crippen molar-refractivity contribution in [1.82, 2.24) is 19.7 Å². The molecule has 33 heavy (non-hydrogen) atoms. The number of anilines is 4. The molecule has 3 aromatic rings. The van der Waals surface area contributed by atoms with Crippen LogP contribution in [0.3, 0.4) is 0 Å². The smallest absolute Gasteiger partial charge is 0.281 e. The number of carbonyl (C=O) groups is 1. The maximum atomic E-state index is 12.9. The standard InChI is InChI=1S/C24H31N7O2/c1-24(2,3)33-20-11-5-17(6-12-20)21(32)31-22(25)27-23(28-31)26-18-7-9-19(10-8-18)30-15-13-29(4)14-16-30/h5-12H,13-16H2,1-4H3,(H3,25,26,27,28). The second kappa shape index (κ2) is 9.11. The molecule has 1 aliphatic rings. The number of aromatic nitrogens is 3. The van der Waals surface area contributed by atoms with Gasteiger partial charge in [0.2, 0.25) is 11.9 Å². The van der Waals surface area contributed by atoms with Crippen LogP contribution >= 0.6 is 0 Å². The predicted octanol–water partition coefficient (Wildman–Crippen LogP) is 3.22. The molecule has 0 radical (unpaired) electrons. The minimum atomic E-state index is -0.360. The molecule has 2 aromatic carbocycles. The van der Waals surface area contributed by atoms with Gasteiger partial charge in [0.25, 0.3) is 5.91 Å². The number of ether oxygens (including phenoxy) is 1. The number of likely N-dealkylation sites (N-methyl/N-ethyl adjacent to an activating group) is 1. The van der Waals surface area contributed by atoms with Crippen LogP contribution in [-0.2, 0) is 0 Å². The SMILES string of the molecule is CN1CCN(c2ccc(Nc3nc(N)n(C(=O)c4ccc(OC(C)(C)C)cc4)n3)cc2)CC1. The normalized spacial score (nSPS) is 14.8. The number of nitrogens with zero attached hydrogens (tertiary/aromatic N) is 5. The molecule has 0 spiro atoms. The molecule has 9 heteroatoms. The van der Waals surface area contributed by atoms with Crippen molar-refractivity contribution in [2.45, 2.75) is 26.4 Å². The van der Waals surface area contributed by atoms with Crippen LogP contribution in [0.2, 0.25) is 0 Å². The van der Waals surface area contributed by atoms with Gasteiger partial charge in [0.05, 0.1) is 0 Å². The Morgan fingerprint density at radius 1 is 1.00 bits per heavy atom. The largest absolute Gasteiger partial charge is 0.488 e. The average Bonchev–Trinajstić information content (AvgIpc) is 3.14. The van der Waals surface area contributed by atoms with Gasteiger partial charge in [0.1, 0.15) is 11.4 Å². The first-order valence-electron chi connectivity index (χ1n) is 11.0. The third-order valence-electron chi connectivity index (χ3n) is 5.34. The van der Waals surface area contributed by atoms with E-state index in [-0.39, 0.29) is 23.4 Å². The number of benzene rings is 2. The Bertz CT molecular complexity index is 1090. The first kappa shape index (κ1) is 22.6. The molecule has 0 atom stereocenters. The lowest BCUT2D eigenvalue weighted by Crippen LogP contribution is -2.44. The van der Waals surface area contributed by atoms with E-state index in [4.69, 9.17) is 10.5 Å². The van der Waals surface area contributed by atoms with Gasteiger partial charge < -0.3 is 25.6 Å². The second-order valence-corrected chi connectivity index (χ2v) is 9.21. The third-order valence-corrected chi connectivity index (χ3v) is 5.34. The van der Waals surface area contributed by atoms with Crippen molar-refractivity contribution in [2.75, 3.05) is 49.2 Å². The fraction of sp³-hybridized carbons (Fsp3) is 0.375. The number of hydrogen-bond acceptors (Lipinski definition) is 8. The maximum Gasteiger partial charge on any atom is 0.281 e. The van der Waals surface area contributed by atoms with Crippen LogP contribution in [0, 0.1) is 0 Å². The Hall–Kier alpha value is -3.59. The molecule has 3 N–H and O–H groups in total. The van der Waals surface area contributed by atoms with Gasteiger partial charge in [-0.05, 0) is 76.3 Å². The van der Waals surface area contributed by atoms with Crippen LogP contribution in [0.15, 0.2) is 48.5 Å². The molecular formula is C24H31N7O2. The van der Waals surface area contributed by atoms with E-state index >= 15 is 0 Å². The summed E-state index contributed by atoms with van der Waals surface area (Å²) < 4.78 is 6.90. The van der Waals surface area contributed by atoms with Crippen LogP contribution in [0.4, 0.5) is 23.3 Å². The third kappa shape index (κ3) is 5.61. The van der Waals surface area contributed by atoms with E-state index in [9.17, 15) is 4.79 Å². The monoisotopic (exact) mass is 449 g/mol. The summed E-state index contributed by atoms with van der Waals surface area (Å²) in [6.45, 7) is 10.0. The molecule has 0 unspecified atom stereocenters. The molecule has 1 saturated heterocycles.